The van der Waals surface area contributed by atoms with E-state index >= 15 is 0 Å². The fourth-order valence-corrected chi connectivity index (χ4v) is 1.43. The first-order chi connectivity index (χ1) is 7.86. The van der Waals surface area contributed by atoms with Crippen molar-refractivity contribution in [1.29, 1.82) is 0 Å². The second kappa shape index (κ2) is 16.0. The van der Waals surface area contributed by atoms with Crippen LogP contribution in [0.1, 0.15) is 26.7 Å². The quantitative estimate of drug-likeness (QED) is 0.572. The van der Waals surface area contributed by atoms with E-state index in [0.717, 1.165) is 12.8 Å². The van der Waals surface area contributed by atoms with Gasteiger partial charge in [-0.1, -0.05) is 26.7 Å². The first-order valence-corrected chi connectivity index (χ1v) is 5.67. The van der Waals surface area contributed by atoms with Crippen molar-refractivity contribution < 1.29 is 26.2 Å². The Bertz CT molecular complexity index is 348. The Hall–Kier alpha value is -0.0969. The second-order valence-corrected chi connectivity index (χ2v) is 3.48. The maximum atomic E-state index is 3.18. The summed E-state index contributed by atoms with van der Waals surface area (Å²) in [6.07, 6.45) is 24.9. The van der Waals surface area contributed by atoms with Crippen molar-refractivity contribution >= 4 is 24.8 Å². The summed E-state index contributed by atoms with van der Waals surface area (Å²) in [4.78, 5) is 0. The Morgan fingerprint density at radius 3 is 1.42 bits per heavy atom. The molecule has 0 radical (unpaired) electrons. The van der Waals surface area contributed by atoms with Gasteiger partial charge in [0.2, 0.25) is 0 Å². The van der Waals surface area contributed by atoms with Crippen LogP contribution in [-0.2, 0) is 26.2 Å². The number of hydrogen-bond donors (Lipinski definition) is 0. The summed E-state index contributed by atoms with van der Waals surface area (Å²) in [5.41, 5.74) is 2.43. The van der Waals surface area contributed by atoms with Gasteiger partial charge < -0.3 is 0 Å². The zero-order valence-corrected chi connectivity index (χ0v) is 15.4. The smallest absolute Gasteiger partial charge is 0.198 e. The van der Waals surface area contributed by atoms with E-state index in [2.05, 4.69) is 48.6 Å². The molecule has 0 bridgehead atoms. The third kappa shape index (κ3) is 11.4. The summed E-state index contributed by atoms with van der Waals surface area (Å²) in [6.45, 7) is 4.03. The molecule has 0 aromatic heterocycles. The molecule has 0 spiro atoms. The fraction of sp³-hybridized carbons (Fsp3) is 0.250. The summed E-state index contributed by atoms with van der Waals surface area (Å²) in [6, 6.07) is 0. The summed E-state index contributed by atoms with van der Waals surface area (Å²) >= 11 is 0. The van der Waals surface area contributed by atoms with Crippen LogP contribution < -0.4 is 0 Å². The van der Waals surface area contributed by atoms with Crippen molar-refractivity contribution in [3.8, 4) is 0 Å². The normalized spacial score (nSPS) is 15.1. The Morgan fingerprint density at radius 2 is 1.21 bits per heavy atom. The third-order valence-electron chi connectivity index (χ3n) is 2.14. The van der Waals surface area contributed by atoms with Crippen LogP contribution in [0.15, 0.2) is 59.8 Å². The van der Waals surface area contributed by atoms with Gasteiger partial charge in [0.25, 0.3) is 0 Å². The standard InChI is InChI=1S/2C8H9.2ClH.Zr/c2*1-2-5-8-6-3-4-7-8;;;/h2*2-3,5-6H,4H2,1H3;2*1H;/q2*-1;;;+2. The summed E-state index contributed by atoms with van der Waals surface area (Å²) < 4.78 is 0. The van der Waals surface area contributed by atoms with Crippen molar-refractivity contribution in [1.82, 2.24) is 0 Å². The predicted molar refractivity (Wildman–Crippen MR) is 85.2 cm³/mol. The maximum absolute atomic E-state index is 3.18. The van der Waals surface area contributed by atoms with Crippen LogP contribution in [0, 0.1) is 12.2 Å². The molecule has 2 aliphatic rings. The van der Waals surface area contributed by atoms with E-state index in [4.69, 9.17) is 0 Å². The Labute approximate surface area is 149 Å². The van der Waals surface area contributed by atoms with Gasteiger partial charge in [-0.25, -0.2) is 0 Å². The number of halogens is 2. The van der Waals surface area contributed by atoms with Gasteiger partial charge in [-0.05, 0) is 0 Å². The molecule has 0 heterocycles. The summed E-state index contributed by atoms with van der Waals surface area (Å²) in [5, 5.41) is 0. The molecule has 0 atom stereocenters. The molecule has 2 rings (SSSR count). The summed E-state index contributed by atoms with van der Waals surface area (Å²) in [5.74, 6) is 0. The molecule has 0 amide bonds. The molecular weight excluding hydrogens is 354 g/mol. The molecule has 0 aromatic rings. The van der Waals surface area contributed by atoms with Gasteiger partial charge in [0, 0.05) is 0 Å². The van der Waals surface area contributed by atoms with Crippen LogP contribution >= 0.6 is 24.8 Å². The molecule has 102 valence electrons. The summed E-state index contributed by atoms with van der Waals surface area (Å²) in [7, 11) is 0. The van der Waals surface area contributed by atoms with E-state index in [-0.39, 0.29) is 51.0 Å². The zero-order chi connectivity index (χ0) is 11.6. The molecule has 0 N–H and O–H groups in total. The predicted octanol–water partition coefficient (Wildman–Crippen LogP) is 5.35. The molecule has 0 saturated carbocycles. The molecule has 0 aromatic carbocycles. The SMILES string of the molecule is CC=CC1=[C-]CC=C1.CC=CC1=[C-]CC=C1.Cl.Cl.[Zr+2]. The third-order valence-corrected chi connectivity index (χ3v) is 2.14. The largest absolute Gasteiger partial charge is 2.00 e. The van der Waals surface area contributed by atoms with Crippen LogP contribution in [0.4, 0.5) is 0 Å². The van der Waals surface area contributed by atoms with Gasteiger partial charge in [0.15, 0.2) is 0 Å². The molecule has 0 fully saturated rings. The molecule has 2 aliphatic carbocycles. The topological polar surface area (TPSA) is 0 Å². The molecule has 0 aliphatic heterocycles. The Kier molecular flexibility index (Phi) is 20.1. The minimum atomic E-state index is 0. The van der Waals surface area contributed by atoms with Crippen LogP contribution in [0.3, 0.4) is 0 Å². The molecular formula is C16H20Cl2Zr. The van der Waals surface area contributed by atoms with Crippen molar-refractivity contribution in [2.24, 2.45) is 0 Å². The molecule has 19 heavy (non-hydrogen) atoms. The number of rotatable bonds is 2. The van der Waals surface area contributed by atoms with Gasteiger partial charge in [0.1, 0.15) is 0 Å². The van der Waals surface area contributed by atoms with E-state index in [1.165, 1.54) is 11.1 Å². The minimum Gasteiger partial charge on any atom is -0.198 e. The van der Waals surface area contributed by atoms with Crippen LogP contribution in [-0.4, -0.2) is 0 Å². The van der Waals surface area contributed by atoms with E-state index < -0.39 is 0 Å². The van der Waals surface area contributed by atoms with Crippen molar-refractivity contribution in [3.05, 3.63) is 71.9 Å². The van der Waals surface area contributed by atoms with Crippen molar-refractivity contribution in [3.63, 3.8) is 0 Å². The maximum Gasteiger partial charge on any atom is 2.00 e. The van der Waals surface area contributed by atoms with E-state index in [1.54, 1.807) is 0 Å². The average Bonchev–Trinajstić information content (AvgIpc) is 2.92. The van der Waals surface area contributed by atoms with Crippen LogP contribution in [0.5, 0.6) is 0 Å². The Balaban J connectivity index is -0.000000233. The number of allylic oxidation sites excluding steroid dienone is 12. The minimum absolute atomic E-state index is 0. The van der Waals surface area contributed by atoms with E-state index in [0.29, 0.717) is 0 Å². The van der Waals surface area contributed by atoms with Gasteiger partial charge >= 0.3 is 26.2 Å². The molecule has 0 saturated heterocycles. The van der Waals surface area contributed by atoms with Crippen molar-refractivity contribution in [2.45, 2.75) is 26.7 Å². The Morgan fingerprint density at radius 1 is 0.842 bits per heavy atom. The van der Waals surface area contributed by atoms with Gasteiger partial charge in [-0.15, -0.1) is 49.1 Å². The van der Waals surface area contributed by atoms with Crippen LogP contribution in [0.2, 0.25) is 0 Å². The molecule has 0 nitrogen and oxygen atoms in total. The number of hydrogen-bond acceptors (Lipinski definition) is 0. The van der Waals surface area contributed by atoms with E-state index in [1.807, 2.05) is 26.0 Å². The van der Waals surface area contributed by atoms with Gasteiger partial charge in [0.05, 0.1) is 0 Å². The molecule has 3 heteroatoms. The average molecular weight is 374 g/mol. The second-order valence-electron chi connectivity index (χ2n) is 3.48. The zero-order valence-electron chi connectivity index (χ0n) is 11.3. The van der Waals surface area contributed by atoms with Crippen molar-refractivity contribution in [2.75, 3.05) is 0 Å². The van der Waals surface area contributed by atoms with E-state index in [9.17, 15) is 0 Å². The first-order valence-electron chi connectivity index (χ1n) is 5.67. The fourth-order valence-electron chi connectivity index (χ4n) is 1.43. The van der Waals surface area contributed by atoms with Crippen LogP contribution in [0.25, 0.3) is 0 Å². The monoisotopic (exact) mass is 372 g/mol. The van der Waals surface area contributed by atoms with Gasteiger partial charge in [-0.3, -0.25) is 0 Å². The van der Waals surface area contributed by atoms with Gasteiger partial charge in [-0.2, -0.15) is 47.6 Å². The molecule has 0 unspecified atom stereocenters. The first kappa shape index (κ1) is 24.0.